The van der Waals surface area contributed by atoms with Gasteiger partial charge < -0.3 is 5.11 Å². The summed E-state index contributed by atoms with van der Waals surface area (Å²) in [5.41, 5.74) is 2.69. The fraction of sp³-hybridized carbons (Fsp3) is 0.286. The lowest BCUT2D eigenvalue weighted by molar-refractivity contribution is -0.142. The molecule has 1 aliphatic rings. The van der Waals surface area contributed by atoms with Crippen LogP contribution in [-0.2, 0) is 14.8 Å². The Labute approximate surface area is 160 Å². The van der Waals surface area contributed by atoms with Gasteiger partial charge in [-0.25, -0.2) is 12.7 Å². The molecule has 2 unspecified atom stereocenters. The van der Waals surface area contributed by atoms with Crippen molar-refractivity contribution in [2.45, 2.75) is 18.1 Å². The average Bonchev–Trinajstić information content (AvgIpc) is 2.69. The highest BCUT2D eigenvalue weighted by Gasteiger charge is 2.36. The highest BCUT2D eigenvalue weighted by atomic mass is 32.2. The Balaban J connectivity index is 1.85. The van der Waals surface area contributed by atoms with E-state index in [9.17, 15) is 18.3 Å². The number of carbonyl (C=O) groups is 1. The zero-order valence-corrected chi connectivity index (χ0v) is 15.8. The van der Waals surface area contributed by atoms with Crippen molar-refractivity contribution in [3.05, 3.63) is 72.8 Å². The molecule has 2 aromatic carbocycles. The number of hydrogen-bond acceptors (Lipinski definition) is 3. The van der Waals surface area contributed by atoms with Crippen molar-refractivity contribution in [2.75, 3.05) is 13.1 Å². The van der Waals surface area contributed by atoms with Gasteiger partial charge in [-0.05, 0) is 29.5 Å². The molecule has 5 nitrogen and oxygen atoms in total. The van der Waals surface area contributed by atoms with Crippen LogP contribution < -0.4 is 0 Å². The van der Waals surface area contributed by atoms with Gasteiger partial charge in [0.15, 0.2) is 0 Å². The monoisotopic (exact) mass is 385 g/mol. The van der Waals surface area contributed by atoms with Crippen LogP contribution in [0.2, 0.25) is 0 Å². The molecule has 3 rings (SSSR count). The molecule has 0 amide bonds. The van der Waals surface area contributed by atoms with E-state index >= 15 is 0 Å². The van der Waals surface area contributed by atoms with E-state index in [1.807, 2.05) is 42.5 Å². The Morgan fingerprint density at radius 1 is 1.11 bits per heavy atom. The third kappa shape index (κ3) is 4.12. The van der Waals surface area contributed by atoms with Gasteiger partial charge in [0.05, 0.1) is 5.92 Å². The summed E-state index contributed by atoms with van der Waals surface area (Å²) in [4.78, 5) is 11.3. The third-order valence-corrected chi connectivity index (χ3v) is 7.13. The van der Waals surface area contributed by atoms with Gasteiger partial charge in [-0.15, -0.1) is 6.58 Å². The molecule has 0 bridgehead atoms. The number of hydrogen-bond donors (Lipinski definition) is 1. The topological polar surface area (TPSA) is 74.7 Å². The predicted molar refractivity (Wildman–Crippen MR) is 106 cm³/mol. The number of benzene rings is 2. The van der Waals surface area contributed by atoms with Crippen molar-refractivity contribution in [3.63, 3.8) is 0 Å². The van der Waals surface area contributed by atoms with E-state index in [2.05, 4.69) is 6.58 Å². The van der Waals surface area contributed by atoms with Crippen LogP contribution in [0.1, 0.15) is 23.7 Å². The number of nitrogens with zero attached hydrogens (tertiary/aromatic N) is 1. The van der Waals surface area contributed by atoms with E-state index in [1.165, 1.54) is 10.4 Å². The number of rotatable bonds is 6. The quantitative estimate of drug-likeness (QED) is 0.769. The lowest BCUT2D eigenvalue weighted by Crippen LogP contribution is -2.43. The van der Waals surface area contributed by atoms with Crippen molar-refractivity contribution in [1.82, 2.24) is 4.31 Å². The minimum atomic E-state index is -3.72. The van der Waals surface area contributed by atoms with Crippen LogP contribution in [0.25, 0.3) is 11.1 Å². The Bertz CT molecular complexity index is 907. The standard InChI is InChI=1S/C21H23NO4S/c1-2-20(27(25,26)22-14-6-9-19(15-22)21(23)24)18-12-10-17(11-13-18)16-7-4-3-5-8-16/h2-5,7-8,10-13,19-20H,1,6,9,14-15H2,(H,23,24). The molecule has 0 aliphatic carbocycles. The van der Waals surface area contributed by atoms with Crippen LogP contribution in [0.5, 0.6) is 0 Å². The molecule has 1 heterocycles. The molecule has 6 heteroatoms. The molecule has 1 saturated heterocycles. The van der Waals surface area contributed by atoms with E-state index < -0.39 is 27.2 Å². The van der Waals surface area contributed by atoms with Crippen LogP contribution in [0.15, 0.2) is 67.3 Å². The Morgan fingerprint density at radius 2 is 1.74 bits per heavy atom. The first-order valence-corrected chi connectivity index (χ1v) is 10.4. The molecule has 1 N–H and O–H groups in total. The number of sulfonamides is 1. The lowest BCUT2D eigenvalue weighted by atomic mass is 10.0. The van der Waals surface area contributed by atoms with Gasteiger partial charge in [0, 0.05) is 13.1 Å². The SMILES string of the molecule is C=CC(c1ccc(-c2ccccc2)cc1)S(=O)(=O)N1CCCC(C(=O)O)C1. The number of aliphatic carboxylic acids is 1. The number of piperidine rings is 1. The molecule has 0 radical (unpaired) electrons. The van der Waals surface area contributed by atoms with E-state index in [-0.39, 0.29) is 6.54 Å². The molecule has 142 valence electrons. The van der Waals surface area contributed by atoms with Crippen LogP contribution in [0.4, 0.5) is 0 Å². The van der Waals surface area contributed by atoms with Crippen molar-refractivity contribution < 1.29 is 18.3 Å². The van der Waals surface area contributed by atoms with Crippen LogP contribution in [0.3, 0.4) is 0 Å². The van der Waals surface area contributed by atoms with Gasteiger partial charge in [-0.1, -0.05) is 60.7 Å². The summed E-state index contributed by atoms with van der Waals surface area (Å²) in [5, 5.41) is 8.34. The number of carboxylic acids is 1. The van der Waals surface area contributed by atoms with Crippen LogP contribution in [-0.4, -0.2) is 36.9 Å². The highest BCUT2D eigenvalue weighted by Crippen LogP contribution is 2.31. The van der Waals surface area contributed by atoms with Gasteiger partial charge in [-0.2, -0.15) is 0 Å². The van der Waals surface area contributed by atoms with Gasteiger partial charge in [0.1, 0.15) is 5.25 Å². The van der Waals surface area contributed by atoms with Gasteiger partial charge >= 0.3 is 5.97 Å². The molecule has 0 spiro atoms. The first-order chi connectivity index (χ1) is 12.9. The maximum absolute atomic E-state index is 13.1. The summed E-state index contributed by atoms with van der Waals surface area (Å²) in [6.07, 6.45) is 2.47. The molecule has 1 fully saturated rings. The summed E-state index contributed by atoms with van der Waals surface area (Å²) in [5.74, 6) is -1.60. The Kier molecular flexibility index (Phi) is 5.77. The fourth-order valence-corrected chi connectivity index (χ4v) is 5.30. The van der Waals surface area contributed by atoms with Crippen molar-refractivity contribution in [2.24, 2.45) is 5.92 Å². The van der Waals surface area contributed by atoms with Crippen LogP contribution in [0, 0.1) is 5.92 Å². The molecular formula is C21H23NO4S. The zero-order chi connectivity index (χ0) is 19.4. The maximum atomic E-state index is 13.1. The van der Waals surface area contributed by atoms with E-state index in [0.29, 0.717) is 24.9 Å². The van der Waals surface area contributed by atoms with Gasteiger partial charge in [0.2, 0.25) is 10.0 Å². The van der Waals surface area contributed by atoms with Gasteiger partial charge in [-0.3, -0.25) is 4.79 Å². The zero-order valence-electron chi connectivity index (χ0n) is 15.0. The minimum absolute atomic E-state index is 0.0180. The summed E-state index contributed by atoms with van der Waals surface area (Å²) >= 11 is 0. The summed E-state index contributed by atoms with van der Waals surface area (Å²) in [7, 11) is -3.72. The second-order valence-corrected chi connectivity index (χ2v) is 8.78. The lowest BCUT2D eigenvalue weighted by Gasteiger charge is -2.32. The number of carboxylic acid groups (broad SMARTS) is 1. The maximum Gasteiger partial charge on any atom is 0.307 e. The van der Waals surface area contributed by atoms with Crippen molar-refractivity contribution in [1.29, 1.82) is 0 Å². The first-order valence-electron chi connectivity index (χ1n) is 8.93. The molecule has 2 aromatic rings. The van der Waals surface area contributed by atoms with Crippen molar-refractivity contribution >= 4 is 16.0 Å². The molecule has 0 aromatic heterocycles. The van der Waals surface area contributed by atoms with E-state index in [0.717, 1.165) is 11.1 Å². The van der Waals surface area contributed by atoms with Gasteiger partial charge in [0.25, 0.3) is 0 Å². The predicted octanol–water partition coefficient (Wildman–Crippen LogP) is 3.71. The smallest absolute Gasteiger partial charge is 0.307 e. The first kappa shape index (κ1) is 19.3. The molecule has 0 saturated carbocycles. The second kappa shape index (κ2) is 8.06. The van der Waals surface area contributed by atoms with Crippen molar-refractivity contribution in [3.8, 4) is 11.1 Å². The second-order valence-electron chi connectivity index (χ2n) is 6.72. The Morgan fingerprint density at radius 3 is 2.33 bits per heavy atom. The molecule has 2 atom stereocenters. The highest BCUT2D eigenvalue weighted by molar-refractivity contribution is 7.89. The molecule has 27 heavy (non-hydrogen) atoms. The normalized spacial score (nSPS) is 19.3. The summed E-state index contributed by atoms with van der Waals surface area (Å²) in [6, 6.07) is 17.2. The summed E-state index contributed by atoms with van der Waals surface area (Å²) < 4.78 is 27.5. The average molecular weight is 385 g/mol. The summed E-state index contributed by atoms with van der Waals surface area (Å²) in [6.45, 7) is 4.07. The fourth-order valence-electron chi connectivity index (χ4n) is 3.46. The Hall–Kier alpha value is -2.44. The van der Waals surface area contributed by atoms with Crippen LogP contribution >= 0.6 is 0 Å². The molecular weight excluding hydrogens is 362 g/mol. The van der Waals surface area contributed by atoms with E-state index in [1.54, 1.807) is 12.1 Å². The molecule has 1 aliphatic heterocycles. The third-order valence-electron chi connectivity index (χ3n) is 4.97. The largest absolute Gasteiger partial charge is 0.481 e. The van der Waals surface area contributed by atoms with E-state index in [4.69, 9.17) is 0 Å². The minimum Gasteiger partial charge on any atom is -0.481 e.